The van der Waals surface area contributed by atoms with Gasteiger partial charge in [-0.05, 0) is 83.5 Å². The Bertz CT molecular complexity index is 1290. The Morgan fingerprint density at radius 1 is 0.441 bits per heavy atom. The van der Waals surface area contributed by atoms with Gasteiger partial charge in [0, 0.05) is 12.8 Å². The average molecular weight is 949 g/mol. The zero-order chi connectivity index (χ0) is 49.5. The Morgan fingerprint density at radius 2 is 0.779 bits per heavy atom. The normalized spacial score (nSPS) is 13.8. The number of nitrogens with one attached hydrogen (secondary N) is 1. The van der Waals surface area contributed by atoms with Gasteiger partial charge in [-0.25, -0.2) is 0 Å². The summed E-state index contributed by atoms with van der Waals surface area (Å²) in [5, 5.41) is 23.8. The second-order valence-corrected chi connectivity index (χ2v) is 19.3. The van der Waals surface area contributed by atoms with Crippen LogP contribution in [0.5, 0.6) is 0 Å². The van der Waals surface area contributed by atoms with Crippen molar-refractivity contribution >= 4 is 11.9 Å². The summed E-state index contributed by atoms with van der Waals surface area (Å²) in [6.07, 6.45) is 72.3. The molecule has 0 spiro atoms. The molecule has 0 aliphatic rings. The van der Waals surface area contributed by atoms with Crippen molar-refractivity contribution in [1.82, 2.24) is 5.32 Å². The molecule has 68 heavy (non-hydrogen) atoms. The number of hydrogen-bond donors (Lipinski definition) is 3. The second kappa shape index (κ2) is 55.0. The zero-order valence-electron chi connectivity index (χ0n) is 44.7. The van der Waals surface area contributed by atoms with Crippen LogP contribution in [0.2, 0.25) is 0 Å². The molecule has 1 amide bonds. The highest BCUT2D eigenvalue weighted by atomic mass is 16.5. The summed E-state index contributed by atoms with van der Waals surface area (Å²) in [6.45, 7) is 6.41. The standard InChI is InChI=1S/C62H109NO5/c1-4-7-10-13-16-19-22-25-28-30-33-36-39-42-45-48-51-54-60(65)59(57-64)63-61(66)56-58(53-50-47-44-41-38-35-32-27-24-21-18-15-12-9-6-3)68-62(67)55-52-49-46-43-40-37-34-31-29-26-23-20-17-14-11-8-5-2/h17-18,20-21,26-27,29,32,34,37-38,41,47,50,58-60,64-65H,4-16,19,22-25,28,30-31,33,35-36,39-40,42-46,48-49,51-57H2,1-3H3,(H,63,66)/b20-17-,21-18-,29-26-,32-27-,37-34-,41-38-,50-47-. The van der Waals surface area contributed by atoms with Gasteiger partial charge in [0.25, 0.3) is 0 Å². The third-order valence-corrected chi connectivity index (χ3v) is 12.7. The molecule has 0 aromatic rings. The number of carbonyl (C=O) groups excluding carboxylic acids is 2. The smallest absolute Gasteiger partial charge is 0.306 e. The molecule has 3 N–H and O–H groups in total. The lowest BCUT2D eigenvalue weighted by molar-refractivity contribution is -0.150. The second-order valence-electron chi connectivity index (χ2n) is 19.3. The third kappa shape index (κ3) is 49.5. The molecule has 0 aliphatic carbocycles. The quantitative estimate of drug-likeness (QED) is 0.0321. The van der Waals surface area contributed by atoms with Crippen LogP contribution in [0.1, 0.15) is 271 Å². The molecule has 0 saturated heterocycles. The number of ether oxygens (including phenoxy) is 1. The summed E-state index contributed by atoms with van der Waals surface area (Å²) in [7, 11) is 0. The van der Waals surface area contributed by atoms with Crippen molar-refractivity contribution in [1.29, 1.82) is 0 Å². The van der Waals surface area contributed by atoms with Gasteiger partial charge in [0.2, 0.25) is 5.91 Å². The lowest BCUT2D eigenvalue weighted by Gasteiger charge is -2.24. The van der Waals surface area contributed by atoms with Crippen LogP contribution in [0.3, 0.4) is 0 Å². The first-order valence-corrected chi connectivity index (χ1v) is 28.8. The molecule has 3 unspecified atom stereocenters. The van der Waals surface area contributed by atoms with E-state index in [1.807, 2.05) is 6.08 Å². The van der Waals surface area contributed by atoms with Gasteiger partial charge < -0.3 is 20.3 Å². The van der Waals surface area contributed by atoms with Gasteiger partial charge in [-0.15, -0.1) is 0 Å². The summed E-state index contributed by atoms with van der Waals surface area (Å²) in [6, 6.07) is -0.741. The first-order valence-electron chi connectivity index (χ1n) is 28.8. The lowest BCUT2D eigenvalue weighted by Crippen LogP contribution is -2.46. The van der Waals surface area contributed by atoms with Crippen LogP contribution in [-0.4, -0.2) is 46.9 Å². The Hall–Kier alpha value is -2.96. The van der Waals surface area contributed by atoms with Crippen LogP contribution >= 0.6 is 0 Å². The van der Waals surface area contributed by atoms with E-state index in [1.165, 1.54) is 141 Å². The van der Waals surface area contributed by atoms with E-state index in [0.29, 0.717) is 19.3 Å². The van der Waals surface area contributed by atoms with Crippen molar-refractivity contribution in [3.63, 3.8) is 0 Å². The first-order chi connectivity index (χ1) is 33.5. The highest BCUT2D eigenvalue weighted by Crippen LogP contribution is 2.17. The number of aliphatic hydroxyl groups is 2. The van der Waals surface area contributed by atoms with Crippen molar-refractivity contribution < 1.29 is 24.5 Å². The molecule has 6 nitrogen and oxygen atoms in total. The predicted molar refractivity (Wildman–Crippen MR) is 296 cm³/mol. The van der Waals surface area contributed by atoms with Crippen molar-refractivity contribution in [2.24, 2.45) is 0 Å². The minimum absolute atomic E-state index is 0.0105. The number of hydrogen-bond acceptors (Lipinski definition) is 5. The van der Waals surface area contributed by atoms with E-state index in [0.717, 1.165) is 83.5 Å². The fraction of sp³-hybridized carbons (Fsp3) is 0.742. The Balaban J connectivity index is 4.69. The van der Waals surface area contributed by atoms with E-state index in [9.17, 15) is 19.8 Å². The number of aliphatic hydroxyl groups excluding tert-OH is 2. The molecule has 0 aromatic heterocycles. The largest absolute Gasteiger partial charge is 0.461 e. The van der Waals surface area contributed by atoms with Crippen molar-refractivity contribution in [2.45, 2.75) is 289 Å². The van der Waals surface area contributed by atoms with Crippen LogP contribution in [-0.2, 0) is 14.3 Å². The van der Waals surface area contributed by atoms with Gasteiger partial charge in [-0.3, -0.25) is 9.59 Å². The Kier molecular flexibility index (Phi) is 52.6. The summed E-state index contributed by atoms with van der Waals surface area (Å²) in [5.41, 5.74) is 0. The van der Waals surface area contributed by atoms with E-state index in [2.05, 4.69) is 105 Å². The first kappa shape index (κ1) is 65.0. The maximum absolute atomic E-state index is 13.2. The third-order valence-electron chi connectivity index (χ3n) is 12.7. The van der Waals surface area contributed by atoms with E-state index >= 15 is 0 Å². The SMILES string of the molecule is CCCCC/C=C\C/C=C\C/C=C\C/C=C\CC(CC(=O)NC(CO)C(O)CCCCCCCCCCCCCCCCCCC)OC(=O)CCCCCC/C=C\C/C=C\C/C=C\CCCCC. The fourth-order valence-corrected chi connectivity index (χ4v) is 8.30. The lowest BCUT2D eigenvalue weighted by atomic mass is 10.0. The molecule has 3 atom stereocenters. The van der Waals surface area contributed by atoms with E-state index in [-0.39, 0.29) is 24.9 Å². The van der Waals surface area contributed by atoms with E-state index in [4.69, 9.17) is 4.74 Å². The van der Waals surface area contributed by atoms with Gasteiger partial charge in [0.1, 0.15) is 6.10 Å². The number of unbranched alkanes of at least 4 members (excludes halogenated alkanes) is 26. The number of esters is 1. The molecule has 6 heteroatoms. The molecule has 0 aromatic carbocycles. The van der Waals surface area contributed by atoms with Gasteiger partial charge in [-0.1, -0.05) is 254 Å². The van der Waals surface area contributed by atoms with Crippen LogP contribution in [0.4, 0.5) is 0 Å². The molecule has 0 heterocycles. The minimum atomic E-state index is -0.820. The minimum Gasteiger partial charge on any atom is -0.461 e. The molecule has 392 valence electrons. The van der Waals surface area contributed by atoms with E-state index < -0.39 is 18.2 Å². The van der Waals surface area contributed by atoms with Gasteiger partial charge in [0.05, 0.1) is 25.2 Å². The molecule has 0 saturated carbocycles. The molecular formula is C62H109NO5. The number of amides is 1. The van der Waals surface area contributed by atoms with Crippen molar-refractivity contribution in [3.8, 4) is 0 Å². The number of rotatable bonds is 51. The maximum Gasteiger partial charge on any atom is 0.306 e. The molecule has 0 bridgehead atoms. The van der Waals surface area contributed by atoms with E-state index in [1.54, 1.807) is 0 Å². The fourth-order valence-electron chi connectivity index (χ4n) is 8.30. The molecule has 0 radical (unpaired) electrons. The van der Waals surface area contributed by atoms with Crippen LogP contribution < -0.4 is 5.32 Å². The number of allylic oxidation sites excluding steroid dienone is 13. The highest BCUT2D eigenvalue weighted by Gasteiger charge is 2.23. The van der Waals surface area contributed by atoms with Crippen LogP contribution in [0, 0.1) is 0 Å². The van der Waals surface area contributed by atoms with Gasteiger partial charge in [0.15, 0.2) is 0 Å². The van der Waals surface area contributed by atoms with Crippen molar-refractivity contribution in [2.75, 3.05) is 6.61 Å². The van der Waals surface area contributed by atoms with Crippen LogP contribution in [0.25, 0.3) is 0 Å². The molecular weight excluding hydrogens is 839 g/mol. The monoisotopic (exact) mass is 948 g/mol. The topological polar surface area (TPSA) is 95.9 Å². The average Bonchev–Trinajstić information content (AvgIpc) is 3.33. The van der Waals surface area contributed by atoms with Crippen molar-refractivity contribution in [3.05, 3.63) is 85.1 Å². The summed E-state index contributed by atoms with van der Waals surface area (Å²) >= 11 is 0. The van der Waals surface area contributed by atoms with Gasteiger partial charge in [-0.2, -0.15) is 0 Å². The summed E-state index contributed by atoms with van der Waals surface area (Å²) in [5.74, 6) is -0.601. The Morgan fingerprint density at radius 3 is 1.21 bits per heavy atom. The maximum atomic E-state index is 13.2. The predicted octanol–water partition coefficient (Wildman–Crippen LogP) is 17.9. The molecule has 0 aliphatic heterocycles. The summed E-state index contributed by atoms with van der Waals surface area (Å²) in [4.78, 5) is 26.2. The summed E-state index contributed by atoms with van der Waals surface area (Å²) < 4.78 is 5.88. The zero-order valence-corrected chi connectivity index (χ0v) is 44.7. The number of carbonyl (C=O) groups is 2. The molecule has 0 rings (SSSR count). The Labute approximate surface area is 421 Å². The molecule has 0 fully saturated rings. The van der Waals surface area contributed by atoms with Crippen LogP contribution in [0.15, 0.2) is 85.1 Å². The van der Waals surface area contributed by atoms with Gasteiger partial charge >= 0.3 is 5.97 Å². The highest BCUT2D eigenvalue weighted by molar-refractivity contribution is 5.77.